The van der Waals surface area contributed by atoms with Crippen LogP contribution in [0.15, 0.2) is 28.6 Å². The van der Waals surface area contributed by atoms with Crippen LogP contribution in [-0.2, 0) is 16.2 Å². The first-order valence-electron chi connectivity index (χ1n) is 5.26. The largest absolute Gasteiger partial charge is 0.416 e. The van der Waals surface area contributed by atoms with E-state index in [-0.39, 0.29) is 5.13 Å². The summed E-state index contributed by atoms with van der Waals surface area (Å²) in [6.07, 6.45) is -4.60. The SMILES string of the molecule is CN(c1nncs1)S(=O)(=O)c1ccc(C(F)(F)F)cc1Cl. The van der Waals surface area contributed by atoms with Crippen molar-refractivity contribution in [3.05, 3.63) is 34.3 Å². The Morgan fingerprint density at radius 1 is 1.33 bits per heavy atom. The highest BCUT2D eigenvalue weighted by Gasteiger charge is 2.33. The monoisotopic (exact) mass is 357 g/mol. The van der Waals surface area contributed by atoms with Gasteiger partial charge in [0.15, 0.2) is 0 Å². The highest BCUT2D eigenvalue weighted by molar-refractivity contribution is 7.93. The van der Waals surface area contributed by atoms with Gasteiger partial charge in [-0.25, -0.2) is 12.7 Å². The van der Waals surface area contributed by atoms with Crippen LogP contribution in [0.3, 0.4) is 0 Å². The Balaban J connectivity index is 2.46. The number of anilines is 1. The number of rotatable bonds is 3. The number of sulfonamides is 1. The zero-order valence-electron chi connectivity index (χ0n) is 10.3. The zero-order valence-corrected chi connectivity index (χ0v) is 12.7. The van der Waals surface area contributed by atoms with Gasteiger partial charge in [0.25, 0.3) is 10.0 Å². The minimum Gasteiger partial charge on any atom is -0.243 e. The van der Waals surface area contributed by atoms with E-state index in [9.17, 15) is 21.6 Å². The smallest absolute Gasteiger partial charge is 0.243 e. The van der Waals surface area contributed by atoms with Crippen LogP contribution in [-0.4, -0.2) is 25.7 Å². The third-order valence-corrected chi connectivity index (χ3v) is 5.63. The van der Waals surface area contributed by atoms with Crippen LogP contribution in [0.1, 0.15) is 5.56 Å². The maximum Gasteiger partial charge on any atom is 0.416 e. The lowest BCUT2D eigenvalue weighted by atomic mass is 10.2. The van der Waals surface area contributed by atoms with E-state index in [1.165, 1.54) is 12.6 Å². The summed E-state index contributed by atoms with van der Waals surface area (Å²) in [5, 5.41) is 6.65. The minimum absolute atomic E-state index is 0.0750. The quantitative estimate of drug-likeness (QED) is 0.847. The molecule has 0 fully saturated rings. The van der Waals surface area contributed by atoms with Crippen LogP contribution < -0.4 is 4.31 Å². The maximum absolute atomic E-state index is 12.5. The second-order valence-electron chi connectivity index (χ2n) is 3.84. The molecule has 0 aliphatic rings. The molecule has 114 valence electrons. The van der Waals surface area contributed by atoms with E-state index in [1.807, 2.05) is 0 Å². The first kappa shape index (κ1) is 16.0. The lowest BCUT2D eigenvalue weighted by Crippen LogP contribution is -2.27. The van der Waals surface area contributed by atoms with E-state index >= 15 is 0 Å². The minimum atomic E-state index is -4.60. The highest BCUT2D eigenvalue weighted by atomic mass is 35.5. The van der Waals surface area contributed by atoms with Crippen molar-refractivity contribution in [3.8, 4) is 0 Å². The standard InChI is InChI=1S/C10H7ClF3N3O2S2/c1-17(9-16-15-5-20-9)21(18,19)8-3-2-6(4-7(8)11)10(12,13)14/h2-5H,1H3. The van der Waals surface area contributed by atoms with Gasteiger partial charge >= 0.3 is 6.18 Å². The van der Waals surface area contributed by atoms with Crippen LogP contribution in [0.25, 0.3) is 0 Å². The third kappa shape index (κ3) is 3.11. The number of alkyl halides is 3. The fourth-order valence-corrected chi connectivity index (χ4v) is 3.85. The summed E-state index contributed by atoms with van der Waals surface area (Å²) in [6, 6.07) is 2.05. The molecule has 0 bridgehead atoms. The number of hydrogen-bond donors (Lipinski definition) is 0. The summed E-state index contributed by atoms with van der Waals surface area (Å²) in [5.74, 6) is 0. The van der Waals surface area contributed by atoms with Crippen molar-refractivity contribution in [3.63, 3.8) is 0 Å². The molecule has 0 aliphatic carbocycles. The summed E-state index contributed by atoms with van der Waals surface area (Å²) in [7, 11) is -2.90. The van der Waals surface area contributed by atoms with Crippen LogP contribution in [0, 0.1) is 0 Å². The molecule has 11 heteroatoms. The van der Waals surface area contributed by atoms with Crippen molar-refractivity contribution in [1.29, 1.82) is 0 Å². The number of nitrogens with zero attached hydrogens (tertiary/aromatic N) is 3. The van der Waals surface area contributed by atoms with Gasteiger partial charge in [0.2, 0.25) is 5.13 Å². The van der Waals surface area contributed by atoms with Crippen LogP contribution >= 0.6 is 22.9 Å². The van der Waals surface area contributed by atoms with Crippen LogP contribution in [0.5, 0.6) is 0 Å². The lowest BCUT2D eigenvalue weighted by Gasteiger charge is -2.17. The second kappa shape index (κ2) is 5.43. The van der Waals surface area contributed by atoms with Gasteiger partial charge in [-0.05, 0) is 18.2 Å². The van der Waals surface area contributed by atoms with Gasteiger partial charge in [-0.3, -0.25) is 0 Å². The third-order valence-electron chi connectivity index (χ3n) is 2.52. The highest BCUT2D eigenvalue weighted by Crippen LogP contribution is 2.34. The van der Waals surface area contributed by atoms with Crippen molar-refractivity contribution in [2.45, 2.75) is 11.1 Å². The van der Waals surface area contributed by atoms with Gasteiger partial charge in [-0.15, -0.1) is 10.2 Å². The summed E-state index contributed by atoms with van der Waals surface area (Å²) in [4.78, 5) is -0.435. The maximum atomic E-state index is 12.5. The Hall–Kier alpha value is -1.39. The molecule has 0 radical (unpaired) electrons. The summed E-state index contributed by atoms with van der Waals surface area (Å²) < 4.78 is 63.1. The number of halogens is 4. The Kier molecular flexibility index (Phi) is 4.13. The Morgan fingerprint density at radius 2 is 2.00 bits per heavy atom. The van der Waals surface area contributed by atoms with E-state index < -0.39 is 31.7 Å². The van der Waals surface area contributed by atoms with E-state index in [0.29, 0.717) is 12.1 Å². The van der Waals surface area contributed by atoms with Gasteiger partial charge in [-0.1, -0.05) is 22.9 Å². The van der Waals surface area contributed by atoms with E-state index in [4.69, 9.17) is 11.6 Å². The van der Waals surface area contributed by atoms with E-state index in [1.54, 1.807) is 0 Å². The Labute approximate surface area is 127 Å². The molecular weight excluding hydrogens is 351 g/mol. The molecule has 1 aromatic carbocycles. The summed E-state index contributed by atoms with van der Waals surface area (Å²) >= 11 is 6.65. The molecule has 1 heterocycles. The van der Waals surface area contributed by atoms with Crippen LogP contribution in [0.2, 0.25) is 5.02 Å². The zero-order chi connectivity index (χ0) is 15.8. The van der Waals surface area contributed by atoms with Gasteiger partial charge in [0.1, 0.15) is 10.4 Å². The van der Waals surface area contributed by atoms with Gasteiger partial charge in [0, 0.05) is 7.05 Å². The van der Waals surface area contributed by atoms with Crippen molar-refractivity contribution in [2.24, 2.45) is 0 Å². The summed E-state index contributed by atoms with van der Waals surface area (Å²) in [6.45, 7) is 0. The fourth-order valence-electron chi connectivity index (χ4n) is 1.44. The molecule has 5 nitrogen and oxygen atoms in total. The van der Waals surface area contributed by atoms with Crippen LogP contribution in [0.4, 0.5) is 18.3 Å². The van der Waals surface area contributed by atoms with Crippen molar-refractivity contribution >= 4 is 38.1 Å². The number of aromatic nitrogens is 2. The first-order chi connectivity index (χ1) is 9.64. The predicted molar refractivity (Wildman–Crippen MR) is 72.0 cm³/mol. The average molecular weight is 358 g/mol. The number of benzene rings is 1. The fraction of sp³-hybridized carbons (Fsp3) is 0.200. The Bertz CT molecular complexity index is 747. The van der Waals surface area contributed by atoms with E-state index in [0.717, 1.165) is 21.7 Å². The van der Waals surface area contributed by atoms with Gasteiger partial charge in [0.05, 0.1) is 10.6 Å². The molecule has 0 saturated carbocycles. The number of hydrogen-bond acceptors (Lipinski definition) is 5. The molecule has 2 rings (SSSR count). The average Bonchev–Trinajstić information content (AvgIpc) is 2.89. The van der Waals surface area contributed by atoms with Crippen molar-refractivity contribution in [2.75, 3.05) is 11.4 Å². The molecule has 1 aromatic heterocycles. The van der Waals surface area contributed by atoms with Crippen molar-refractivity contribution < 1.29 is 21.6 Å². The molecule has 0 saturated heterocycles. The normalized spacial score (nSPS) is 12.4. The topological polar surface area (TPSA) is 63.2 Å². The molecule has 0 unspecified atom stereocenters. The summed E-state index contributed by atoms with van der Waals surface area (Å²) in [5.41, 5.74) is 0.306. The molecule has 0 aliphatic heterocycles. The molecular formula is C10H7ClF3N3O2S2. The van der Waals surface area contributed by atoms with Gasteiger partial charge < -0.3 is 0 Å². The predicted octanol–water partition coefficient (Wildman–Crippen LogP) is 3.04. The molecule has 0 spiro atoms. The lowest BCUT2D eigenvalue weighted by molar-refractivity contribution is -0.137. The molecule has 0 N–H and O–H groups in total. The second-order valence-corrected chi connectivity index (χ2v) is 6.99. The molecule has 2 aromatic rings. The van der Waals surface area contributed by atoms with Crippen molar-refractivity contribution in [1.82, 2.24) is 10.2 Å². The molecule has 21 heavy (non-hydrogen) atoms. The molecule has 0 amide bonds. The first-order valence-corrected chi connectivity index (χ1v) is 7.95. The van der Waals surface area contributed by atoms with Gasteiger partial charge in [-0.2, -0.15) is 13.2 Å². The Morgan fingerprint density at radius 3 is 2.48 bits per heavy atom. The molecule has 0 atom stereocenters. The van der Waals surface area contributed by atoms with E-state index in [2.05, 4.69) is 10.2 Å².